The highest BCUT2D eigenvalue weighted by Gasteiger charge is 2.62. The van der Waals surface area contributed by atoms with Crippen molar-refractivity contribution in [3.63, 3.8) is 0 Å². The first-order valence-corrected chi connectivity index (χ1v) is 7.99. The predicted octanol–water partition coefficient (Wildman–Crippen LogP) is 3.23. The number of hydrogen-bond acceptors (Lipinski definition) is 3. The standard InChI is InChI=1S/C16H23BrN2O2/c1-5-21-13-9-16(18,15(13,3)4)14(20)19-12-8-10(2)6-7-11(12)17/h6-8,13H,5,9,18H2,1-4H3,(H,19,20). The predicted molar refractivity (Wildman–Crippen MR) is 88.2 cm³/mol. The van der Waals surface area contributed by atoms with Gasteiger partial charge in [-0.3, -0.25) is 4.79 Å². The Morgan fingerprint density at radius 2 is 2.19 bits per heavy atom. The summed E-state index contributed by atoms with van der Waals surface area (Å²) in [4.78, 5) is 12.6. The smallest absolute Gasteiger partial charge is 0.245 e. The van der Waals surface area contributed by atoms with Crippen molar-refractivity contribution in [2.75, 3.05) is 11.9 Å². The maximum absolute atomic E-state index is 12.6. The van der Waals surface area contributed by atoms with Gasteiger partial charge in [-0.1, -0.05) is 19.9 Å². The monoisotopic (exact) mass is 354 g/mol. The third-order valence-electron chi connectivity index (χ3n) is 4.61. The summed E-state index contributed by atoms with van der Waals surface area (Å²) in [5.41, 5.74) is 6.91. The number of nitrogens with two attached hydrogens (primary N) is 1. The number of rotatable bonds is 4. The highest BCUT2D eigenvalue weighted by atomic mass is 79.9. The summed E-state index contributed by atoms with van der Waals surface area (Å²) >= 11 is 3.45. The minimum absolute atomic E-state index is 0.0270. The molecule has 0 aliphatic heterocycles. The third-order valence-corrected chi connectivity index (χ3v) is 5.30. The average Bonchev–Trinajstić information content (AvgIpc) is 2.42. The third kappa shape index (κ3) is 2.74. The van der Waals surface area contributed by atoms with Crippen LogP contribution in [0.5, 0.6) is 0 Å². The molecule has 1 aromatic carbocycles. The number of halogens is 1. The Hall–Kier alpha value is -0.910. The number of hydrogen-bond donors (Lipinski definition) is 2. The Kier molecular flexibility index (Phi) is 4.47. The number of carbonyl (C=O) groups excluding carboxylic acids is 1. The first-order chi connectivity index (χ1) is 9.72. The molecule has 5 heteroatoms. The van der Waals surface area contributed by atoms with Crippen molar-refractivity contribution < 1.29 is 9.53 Å². The van der Waals surface area contributed by atoms with Crippen LogP contribution in [0.1, 0.15) is 32.8 Å². The molecule has 0 radical (unpaired) electrons. The van der Waals surface area contributed by atoms with Gasteiger partial charge in [0.2, 0.25) is 5.91 Å². The van der Waals surface area contributed by atoms with E-state index in [1.807, 2.05) is 45.9 Å². The Morgan fingerprint density at radius 1 is 1.52 bits per heavy atom. The summed E-state index contributed by atoms with van der Waals surface area (Å²) in [7, 11) is 0. The Bertz CT molecular complexity index is 559. The molecule has 0 saturated heterocycles. The molecule has 0 heterocycles. The van der Waals surface area contributed by atoms with Gasteiger partial charge in [0.1, 0.15) is 5.54 Å². The number of aryl methyl sites for hydroxylation is 1. The number of carbonyl (C=O) groups is 1. The molecule has 0 aromatic heterocycles. The fourth-order valence-electron chi connectivity index (χ4n) is 2.79. The normalized spacial score (nSPS) is 27.0. The minimum Gasteiger partial charge on any atom is -0.378 e. The lowest BCUT2D eigenvalue weighted by Gasteiger charge is -2.57. The number of nitrogens with one attached hydrogen (secondary N) is 1. The quantitative estimate of drug-likeness (QED) is 0.872. The fraction of sp³-hybridized carbons (Fsp3) is 0.562. The van der Waals surface area contributed by atoms with Crippen molar-refractivity contribution in [3.8, 4) is 0 Å². The van der Waals surface area contributed by atoms with Crippen molar-refractivity contribution in [3.05, 3.63) is 28.2 Å². The van der Waals surface area contributed by atoms with Crippen molar-refractivity contribution >= 4 is 27.5 Å². The SMILES string of the molecule is CCOC1CC(N)(C(=O)Nc2cc(C)ccc2Br)C1(C)C. The van der Waals surface area contributed by atoms with Crippen molar-refractivity contribution in [1.29, 1.82) is 0 Å². The van der Waals surface area contributed by atoms with E-state index in [0.29, 0.717) is 13.0 Å². The van der Waals surface area contributed by atoms with Gasteiger partial charge in [-0.15, -0.1) is 0 Å². The van der Waals surface area contributed by atoms with E-state index < -0.39 is 5.54 Å². The molecule has 4 nitrogen and oxygen atoms in total. The summed E-state index contributed by atoms with van der Waals surface area (Å²) in [6.07, 6.45) is 0.572. The highest BCUT2D eigenvalue weighted by molar-refractivity contribution is 9.10. The average molecular weight is 355 g/mol. The van der Waals surface area contributed by atoms with Crippen LogP contribution in [0.25, 0.3) is 0 Å². The number of anilines is 1. The highest BCUT2D eigenvalue weighted by Crippen LogP contribution is 2.50. The molecule has 3 N–H and O–H groups in total. The van der Waals surface area contributed by atoms with E-state index in [-0.39, 0.29) is 17.4 Å². The molecule has 1 aliphatic rings. The van der Waals surface area contributed by atoms with Crippen LogP contribution in [-0.4, -0.2) is 24.2 Å². The minimum atomic E-state index is -0.907. The molecule has 1 aliphatic carbocycles. The molecule has 1 fully saturated rings. The molecular formula is C16H23BrN2O2. The summed E-state index contributed by atoms with van der Waals surface area (Å²) in [5, 5.41) is 2.95. The van der Waals surface area contributed by atoms with E-state index in [4.69, 9.17) is 10.5 Å². The zero-order valence-corrected chi connectivity index (χ0v) is 14.6. The molecule has 0 bridgehead atoms. The summed E-state index contributed by atoms with van der Waals surface area (Å²) in [6.45, 7) is 8.55. The molecule has 1 amide bonds. The summed E-state index contributed by atoms with van der Waals surface area (Å²) in [6, 6.07) is 5.83. The van der Waals surface area contributed by atoms with Crippen molar-refractivity contribution in [2.24, 2.45) is 11.1 Å². The second kappa shape index (κ2) is 5.71. The maximum atomic E-state index is 12.6. The van der Waals surface area contributed by atoms with Crippen LogP contribution in [0.4, 0.5) is 5.69 Å². The van der Waals surface area contributed by atoms with Crippen LogP contribution < -0.4 is 11.1 Å². The van der Waals surface area contributed by atoms with E-state index in [9.17, 15) is 4.79 Å². The number of benzene rings is 1. The molecule has 2 rings (SSSR count). The topological polar surface area (TPSA) is 64.3 Å². The van der Waals surface area contributed by atoms with Gasteiger partial charge < -0.3 is 15.8 Å². The zero-order valence-electron chi connectivity index (χ0n) is 13.0. The molecule has 116 valence electrons. The van der Waals surface area contributed by atoms with Gasteiger partial charge in [-0.25, -0.2) is 0 Å². The zero-order chi connectivity index (χ0) is 15.8. The molecule has 2 atom stereocenters. The van der Waals surface area contributed by atoms with Gasteiger partial charge in [-0.2, -0.15) is 0 Å². The van der Waals surface area contributed by atoms with Crippen molar-refractivity contribution in [2.45, 2.75) is 45.8 Å². The fourth-order valence-corrected chi connectivity index (χ4v) is 3.14. The maximum Gasteiger partial charge on any atom is 0.245 e. The van der Waals surface area contributed by atoms with Crippen LogP contribution in [0.2, 0.25) is 0 Å². The van der Waals surface area contributed by atoms with Crippen molar-refractivity contribution in [1.82, 2.24) is 0 Å². The van der Waals surface area contributed by atoms with Crippen LogP contribution in [-0.2, 0) is 9.53 Å². The molecule has 1 saturated carbocycles. The van der Waals surface area contributed by atoms with Gasteiger partial charge in [0.25, 0.3) is 0 Å². The number of ether oxygens (including phenoxy) is 1. The molecular weight excluding hydrogens is 332 g/mol. The largest absolute Gasteiger partial charge is 0.378 e. The number of amides is 1. The second-order valence-corrected chi connectivity index (χ2v) is 7.13. The Morgan fingerprint density at radius 3 is 2.76 bits per heavy atom. The van der Waals surface area contributed by atoms with E-state index in [1.54, 1.807) is 0 Å². The van der Waals surface area contributed by atoms with Crippen LogP contribution in [0.3, 0.4) is 0 Å². The van der Waals surface area contributed by atoms with Gasteiger partial charge >= 0.3 is 0 Å². The van der Waals surface area contributed by atoms with E-state index in [0.717, 1.165) is 15.7 Å². The Balaban J connectivity index is 2.16. The van der Waals surface area contributed by atoms with E-state index in [1.165, 1.54) is 0 Å². The first kappa shape index (κ1) is 16.5. The molecule has 0 spiro atoms. The van der Waals surface area contributed by atoms with Crippen LogP contribution >= 0.6 is 15.9 Å². The summed E-state index contributed by atoms with van der Waals surface area (Å²) < 4.78 is 6.51. The Labute approximate surface area is 134 Å². The second-order valence-electron chi connectivity index (χ2n) is 6.28. The lowest BCUT2D eigenvalue weighted by molar-refractivity contribution is -0.166. The van der Waals surface area contributed by atoms with Crippen LogP contribution in [0.15, 0.2) is 22.7 Å². The van der Waals surface area contributed by atoms with Gasteiger partial charge in [0.05, 0.1) is 11.8 Å². The van der Waals surface area contributed by atoms with Gasteiger partial charge in [-0.05, 0) is 47.5 Å². The van der Waals surface area contributed by atoms with E-state index in [2.05, 4.69) is 21.2 Å². The first-order valence-electron chi connectivity index (χ1n) is 7.20. The molecule has 21 heavy (non-hydrogen) atoms. The summed E-state index contributed by atoms with van der Waals surface area (Å²) in [5.74, 6) is -0.158. The van der Waals surface area contributed by atoms with E-state index >= 15 is 0 Å². The molecule has 1 aromatic rings. The van der Waals surface area contributed by atoms with Gasteiger partial charge in [0, 0.05) is 22.9 Å². The molecule has 2 unspecified atom stereocenters. The lowest BCUT2D eigenvalue weighted by atomic mass is 9.54. The van der Waals surface area contributed by atoms with Crippen LogP contribution in [0, 0.1) is 12.3 Å². The van der Waals surface area contributed by atoms with Gasteiger partial charge in [0.15, 0.2) is 0 Å². The lowest BCUT2D eigenvalue weighted by Crippen LogP contribution is -2.74.